The van der Waals surface area contributed by atoms with E-state index in [-0.39, 0.29) is 18.0 Å². The number of urea groups is 1. The number of halogens is 1. The van der Waals surface area contributed by atoms with Gasteiger partial charge >= 0.3 is 6.03 Å². The Balaban J connectivity index is 1.62. The van der Waals surface area contributed by atoms with E-state index >= 15 is 0 Å². The third-order valence-corrected chi connectivity index (χ3v) is 5.05. The van der Waals surface area contributed by atoms with Crippen molar-refractivity contribution in [2.75, 3.05) is 31.2 Å². The number of ether oxygens (including phenoxy) is 1. The van der Waals surface area contributed by atoms with E-state index in [4.69, 9.17) is 16.3 Å². The molecule has 150 valence electrons. The van der Waals surface area contributed by atoms with Crippen LogP contribution in [0.4, 0.5) is 10.6 Å². The molecule has 0 unspecified atom stereocenters. The standard InChI is InChI=1S/C21H27ClN4O2/c1-15(2)19(16-5-7-18(22)8-6-16)25-21(27)24-14-17-4-3-9-23-20(17)26-10-12-28-13-11-26/h3-9,15,19H,10-14H2,1-2H3,(H2,24,25,27)/t19-/m1/s1. The lowest BCUT2D eigenvalue weighted by Gasteiger charge is -2.29. The predicted molar refractivity (Wildman–Crippen MR) is 112 cm³/mol. The highest BCUT2D eigenvalue weighted by atomic mass is 35.5. The Labute approximate surface area is 171 Å². The van der Waals surface area contributed by atoms with E-state index in [0.717, 1.165) is 30.0 Å². The van der Waals surface area contributed by atoms with E-state index in [1.807, 2.05) is 36.4 Å². The number of carbonyl (C=O) groups excluding carboxylic acids is 1. The van der Waals surface area contributed by atoms with Crippen molar-refractivity contribution in [3.63, 3.8) is 0 Å². The lowest BCUT2D eigenvalue weighted by Crippen LogP contribution is -2.40. The molecule has 2 amide bonds. The summed E-state index contributed by atoms with van der Waals surface area (Å²) in [6, 6.07) is 11.2. The molecular weight excluding hydrogens is 376 g/mol. The van der Waals surface area contributed by atoms with Crippen LogP contribution in [-0.4, -0.2) is 37.3 Å². The molecule has 1 aliphatic heterocycles. The first-order valence-corrected chi connectivity index (χ1v) is 9.99. The maximum absolute atomic E-state index is 12.6. The van der Waals surface area contributed by atoms with Crippen molar-refractivity contribution in [1.29, 1.82) is 0 Å². The minimum Gasteiger partial charge on any atom is -0.378 e. The van der Waals surface area contributed by atoms with Crippen molar-refractivity contribution in [3.8, 4) is 0 Å². The second-order valence-corrected chi connectivity index (χ2v) is 7.62. The molecule has 3 rings (SSSR count). The van der Waals surface area contributed by atoms with Crippen LogP contribution in [0.5, 0.6) is 0 Å². The third kappa shape index (κ3) is 5.36. The van der Waals surface area contributed by atoms with Crippen LogP contribution in [0.1, 0.15) is 31.0 Å². The molecule has 0 bridgehead atoms. The van der Waals surface area contributed by atoms with Gasteiger partial charge in [0.05, 0.1) is 19.3 Å². The summed E-state index contributed by atoms with van der Waals surface area (Å²) in [6.45, 7) is 7.58. The van der Waals surface area contributed by atoms with Gasteiger partial charge in [0.2, 0.25) is 0 Å². The fraction of sp³-hybridized carbons (Fsp3) is 0.429. The molecule has 2 aromatic rings. The number of morpholine rings is 1. The molecule has 7 heteroatoms. The second-order valence-electron chi connectivity index (χ2n) is 7.19. The highest BCUT2D eigenvalue weighted by Gasteiger charge is 2.19. The summed E-state index contributed by atoms with van der Waals surface area (Å²) < 4.78 is 5.42. The fourth-order valence-corrected chi connectivity index (χ4v) is 3.43. The van der Waals surface area contributed by atoms with Gasteiger partial charge < -0.3 is 20.3 Å². The summed E-state index contributed by atoms with van der Waals surface area (Å²) in [4.78, 5) is 19.3. The maximum Gasteiger partial charge on any atom is 0.315 e. The summed E-state index contributed by atoms with van der Waals surface area (Å²) in [5.41, 5.74) is 2.03. The molecular formula is C21H27ClN4O2. The first kappa shape index (κ1) is 20.4. The number of carbonyl (C=O) groups is 1. The molecule has 0 spiro atoms. The van der Waals surface area contributed by atoms with Crippen LogP contribution >= 0.6 is 11.6 Å². The number of rotatable bonds is 6. The lowest BCUT2D eigenvalue weighted by molar-refractivity contribution is 0.122. The van der Waals surface area contributed by atoms with Crippen molar-refractivity contribution in [1.82, 2.24) is 15.6 Å². The maximum atomic E-state index is 12.6. The molecule has 6 nitrogen and oxygen atoms in total. The van der Waals surface area contributed by atoms with Crippen molar-refractivity contribution >= 4 is 23.4 Å². The van der Waals surface area contributed by atoms with E-state index in [1.54, 1.807) is 6.20 Å². The van der Waals surface area contributed by atoms with Gasteiger partial charge in [0.15, 0.2) is 0 Å². The molecule has 2 N–H and O–H groups in total. The van der Waals surface area contributed by atoms with Crippen LogP contribution in [0.25, 0.3) is 0 Å². The normalized spacial score (nSPS) is 15.4. The summed E-state index contributed by atoms with van der Waals surface area (Å²) in [6.07, 6.45) is 1.78. The van der Waals surface area contributed by atoms with Gasteiger partial charge in [0, 0.05) is 36.4 Å². The molecule has 1 aromatic carbocycles. The fourth-order valence-electron chi connectivity index (χ4n) is 3.30. The van der Waals surface area contributed by atoms with Crippen molar-refractivity contribution in [2.45, 2.75) is 26.4 Å². The third-order valence-electron chi connectivity index (χ3n) is 4.80. The Morgan fingerprint density at radius 3 is 2.61 bits per heavy atom. The van der Waals surface area contributed by atoms with Crippen molar-refractivity contribution in [3.05, 3.63) is 58.7 Å². The van der Waals surface area contributed by atoms with Gasteiger partial charge in [0.1, 0.15) is 5.82 Å². The van der Waals surface area contributed by atoms with Crippen LogP contribution in [-0.2, 0) is 11.3 Å². The minimum absolute atomic E-state index is 0.0927. The zero-order chi connectivity index (χ0) is 19.9. The Hall–Kier alpha value is -2.31. The van der Waals surface area contributed by atoms with Crippen molar-refractivity contribution in [2.24, 2.45) is 5.92 Å². The summed E-state index contributed by atoms with van der Waals surface area (Å²) >= 11 is 5.98. The Morgan fingerprint density at radius 2 is 1.93 bits per heavy atom. The number of hydrogen-bond donors (Lipinski definition) is 2. The highest BCUT2D eigenvalue weighted by molar-refractivity contribution is 6.30. The molecule has 0 radical (unpaired) electrons. The van der Waals surface area contributed by atoms with E-state index in [9.17, 15) is 4.79 Å². The van der Waals surface area contributed by atoms with Crippen LogP contribution < -0.4 is 15.5 Å². The van der Waals surface area contributed by atoms with Crippen molar-refractivity contribution < 1.29 is 9.53 Å². The Kier molecular flexibility index (Phi) is 7.12. The first-order chi connectivity index (χ1) is 13.5. The molecule has 1 atom stereocenters. The van der Waals surface area contributed by atoms with Gasteiger partial charge in [-0.05, 0) is 29.7 Å². The summed E-state index contributed by atoms with van der Waals surface area (Å²) in [5.74, 6) is 1.15. The van der Waals surface area contributed by atoms with E-state index in [1.165, 1.54) is 0 Å². The molecule has 1 aliphatic rings. The Morgan fingerprint density at radius 1 is 1.21 bits per heavy atom. The number of pyridine rings is 1. The van der Waals surface area contributed by atoms with Crippen LogP contribution in [0.3, 0.4) is 0 Å². The number of amides is 2. The zero-order valence-electron chi connectivity index (χ0n) is 16.3. The number of anilines is 1. The lowest BCUT2D eigenvalue weighted by atomic mass is 9.96. The van der Waals surface area contributed by atoms with E-state index < -0.39 is 0 Å². The molecule has 0 aliphatic carbocycles. The Bertz CT molecular complexity index is 776. The molecule has 0 saturated carbocycles. The molecule has 1 fully saturated rings. The van der Waals surface area contributed by atoms with Gasteiger partial charge in [0.25, 0.3) is 0 Å². The number of aromatic nitrogens is 1. The number of nitrogens with zero attached hydrogens (tertiary/aromatic N) is 2. The first-order valence-electron chi connectivity index (χ1n) is 9.61. The average molecular weight is 403 g/mol. The SMILES string of the molecule is CC(C)[C@@H](NC(=O)NCc1cccnc1N1CCOCC1)c1ccc(Cl)cc1. The summed E-state index contributed by atoms with van der Waals surface area (Å²) in [5, 5.41) is 6.73. The van der Waals surface area contributed by atoms with Gasteiger partial charge in [-0.25, -0.2) is 9.78 Å². The highest BCUT2D eigenvalue weighted by Crippen LogP contribution is 2.23. The van der Waals surface area contributed by atoms with E-state index in [2.05, 4.69) is 34.4 Å². The van der Waals surface area contributed by atoms with Gasteiger partial charge in [-0.15, -0.1) is 0 Å². The van der Waals surface area contributed by atoms with Gasteiger partial charge in [-0.3, -0.25) is 0 Å². The number of hydrogen-bond acceptors (Lipinski definition) is 4. The topological polar surface area (TPSA) is 66.5 Å². The average Bonchev–Trinajstić information content (AvgIpc) is 2.72. The minimum atomic E-state index is -0.203. The number of nitrogens with one attached hydrogen (secondary N) is 2. The number of benzene rings is 1. The zero-order valence-corrected chi connectivity index (χ0v) is 17.1. The van der Waals surface area contributed by atoms with Crippen LogP contribution in [0.15, 0.2) is 42.6 Å². The quantitative estimate of drug-likeness (QED) is 0.771. The van der Waals surface area contributed by atoms with Gasteiger partial charge in [-0.2, -0.15) is 0 Å². The monoisotopic (exact) mass is 402 g/mol. The second kappa shape index (κ2) is 9.75. The van der Waals surface area contributed by atoms with Crippen LogP contribution in [0.2, 0.25) is 5.02 Å². The largest absolute Gasteiger partial charge is 0.378 e. The van der Waals surface area contributed by atoms with E-state index in [0.29, 0.717) is 24.8 Å². The molecule has 1 saturated heterocycles. The molecule has 1 aromatic heterocycles. The predicted octanol–water partition coefficient (Wildman–Crippen LogP) is 3.77. The molecule has 2 heterocycles. The molecule has 28 heavy (non-hydrogen) atoms. The van der Waals surface area contributed by atoms with Gasteiger partial charge in [-0.1, -0.05) is 43.6 Å². The van der Waals surface area contributed by atoms with Crippen LogP contribution in [0, 0.1) is 5.92 Å². The smallest absolute Gasteiger partial charge is 0.315 e. The summed E-state index contributed by atoms with van der Waals surface area (Å²) in [7, 11) is 0.